The van der Waals surface area contributed by atoms with E-state index in [2.05, 4.69) is 10.2 Å². The van der Waals surface area contributed by atoms with Crippen LogP contribution in [-0.4, -0.2) is 53.5 Å². The Morgan fingerprint density at radius 3 is 2.73 bits per heavy atom. The largest absolute Gasteiger partial charge is 0.421 e. The second kappa shape index (κ2) is 7.57. The van der Waals surface area contributed by atoms with Crippen LogP contribution in [0, 0.1) is 6.92 Å². The zero-order chi connectivity index (χ0) is 18.7. The van der Waals surface area contributed by atoms with Crippen molar-refractivity contribution in [3.63, 3.8) is 0 Å². The van der Waals surface area contributed by atoms with Crippen LogP contribution in [0.2, 0.25) is 0 Å². The van der Waals surface area contributed by atoms with Crippen molar-refractivity contribution in [2.75, 3.05) is 18.1 Å². The molecule has 3 rings (SSSR count). The van der Waals surface area contributed by atoms with E-state index < -0.39 is 9.84 Å². The van der Waals surface area contributed by atoms with Gasteiger partial charge in [0.15, 0.2) is 9.84 Å². The lowest BCUT2D eigenvalue weighted by molar-refractivity contribution is -0.132. The summed E-state index contributed by atoms with van der Waals surface area (Å²) in [6.45, 7) is 4.33. The molecular weight excluding hydrogens is 354 g/mol. The minimum atomic E-state index is -3.02. The molecule has 0 bridgehead atoms. The zero-order valence-corrected chi connectivity index (χ0v) is 15.8. The maximum atomic E-state index is 12.5. The summed E-state index contributed by atoms with van der Waals surface area (Å²) in [7, 11) is -3.02. The number of sulfone groups is 1. The van der Waals surface area contributed by atoms with Crippen molar-refractivity contribution in [3.8, 4) is 11.5 Å². The molecule has 0 spiro atoms. The normalized spacial score (nSPS) is 18.8. The summed E-state index contributed by atoms with van der Waals surface area (Å²) < 4.78 is 29.0. The third kappa shape index (κ3) is 4.12. The molecule has 2 heterocycles. The van der Waals surface area contributed by atoms with E-state index in [4.69, 9.17) is 4.42 Å². The summed E-state index contributed by atoms with van der Waals surface area (Å²) in [5.74, 6) is 0.992. The fourth-order valence-corrected chi connectivity index (χ4v) is 5.02. The van der Waals surface area contributed by atoms with E-state index in [1.54, 1.807) is 4.90 Å². The molecule has 1 aromatic carbocycles. The third-order valence-corrected chi connectivity index (χ3v) is 6.46. The molecule has 0 radical (unpaired) electrons. The van der Waals surface area contributed by atoms with E-state index in [0.717, 1.165) is 11.1 Å². The van der Waals surface area contributed by atoms with E-state index in [1.165, 1.54) is 0 Å². The van der Waals surface area contributed by atoms with Crippen LogP contribution in [0.3, 0.4) is 0 Å². The molecule has 1 unspecified atom stereocenters. The Balaban J connectivity index is 1.62. The van der Waals surface area contributed by atoms with Crippen molar-refractivity contribution >= 4 is 15.7 Å². The summed E-state index contributed by atoms with van der Waals surface area (Å²) >= 11 is 0. The number of benzene rings is 1. The first-order valence-corrected chi connectivity index (χ1v) is 10.6. The lowest BCUT2D eigenvalue weighted by Gasteiger charge is -2.26. The van der Waals surface area contributed by atoms with Crippen molar-refractivity contribution in [1.82, 2.24) is 15.1 Å². The Morgan fingerprint density at radius 2 is 2.08 bits per heavy atom. The lowest BCUT2D eigenvalue weighted by atomic mass is 10.1. The Kier molecular flexibility index (Phi) is 5.41. The lowest BCUT2D eigenvalue weighted by Crippen LogP contribution is -2.41. The molecule has 1 atom stereocenters. The van der Waals surface area contributed by atoms with Gasteiger partial charge >= 0.3 is 0 Å². The molecule has 26 heavy (non-hydrogen) atoms. The highest BCUT2D eigenvalue weighted by atomic mass is 32.2. The molecule has 2 aromatic rings. The molecule has 1 fully saturated rings. The first kappa shape index (κ1) is 18.6. The van der Waals surface area contributed by atoms with Gasteiger partial charge in [-0.1, -0.05) is 18.2 Å². The number of rotatable bonds is 6. The third-order valence-electron chi connectivity index (χ3n) is 4.71. The number of aromatic nitrogens is 2. The molecule has 1 saturated heterocycles. The molecule has 0 N–H and O–H groups in total. The van der Waals surface area contributed by atoms with Crippen molar-refractivity contribution in [2.45, 2.75) is 39.2 Å². The zero-order valence-electron chi connectivity index (χ0n) is 15.0. The van der Waals surface area contributed by atoms with Crippen LogP contribution in [-0.2, 0) is 21.1 Å². The number of hydrogen-bond donors (Lipinski definition) is 0. The monoisotopic (exact) mass is 377 g/mol. The second-order valence-corrected chi connectivity index (χ2v) is 8.78. The van der Waals surface area contributed by atoms with Crippen LogP contribution in [0.5, 0.6) is 0 Å². The highest BCUT2D eigenvalue weighted by molar-refractivity contribution is 7.91. The molecule has 1 amide bonds. The maximum Gasteiger partial charge on any atom is 0.247 e. The topological polar surface area (TPSA) is 93.4 Å². The van der Waals surface area contributed by atoms with Gasteiger partial charge in [0.1, 0.15) is 0 Å². The van der Waals surface area contributed by atoms with Gasteiger partial charge in [0.2, 0.25) is 17.7 Å². The number of carbonyl (C=O) groups is 1. The van der Waals surface area contributed by atoms with Gasteiger partial charge in [0, 0.05) is 31.0 Å². The average molecular weight is 377 g/mol. The smallest absolute Gasteiger partial charge is 0.247 e. The summed E-state index contributed by atoms with van der Waals surface area (Å²) in [5, 5.41) is 8.09. The second-order valence-electron chi connectivity index (χ2n) is 6.55. The molecule has 8 heteroatoms. The average Bonchev–Trinajstić information content (AvgIpc) is 3.21. The number of hydrogen-bond acceptors (Lipinski definition) is 6. The summed E-state index contributed by atoms with van der Waals surface area (Å²) in [4.78, 5) is 14.2. The maximum absolute atomic E-state index is 12.5. The summed E-state index contributed by atoms with van der Waals surface area (Å²) in [5.41, 5.74) is 1.92. The summed E-state index contributed by atoms with van der Waals surface area (Å²) in [6, 6.07) is 7.51. The van der Waals surface area contributed by atoms with E-state index in [-0.39, 0.29) is 29.9 Å². The first-order valence-electron chi connectivity index (χ1n) is 8.78. The quantitative estimate of drug-likeness (QED) is 0.764. The highest BCUT2D eigenvalue weighted by Gasteiger charge is 2.33. The molecule has 1 aromatic heterocycles. The Morgan fingerprint density at radius 1 is 1.31 bits per heavy atom. The number of amides is 1. The predicted octanol–water partition coefficient (Wildman–Crippen LogP) is 2.01. The Labute approximate surface area is 153 Å². The van der Waals surface area contributed by atoms with Gasteiger partial charge in [-0.3, -0.25) is 4.79 Å². The van der Waals surface area contributed by atoms with Crippen LogP contribution in [0.25, 0.3) is 11.5 Å². The van der Waals surface area contributed by atoms with Crippen LogP contribution >= 0.6 is 0 Å². The van der Waals surface area contributed by atoms with E-state index in [9.17, 15) is 13.2 Å². The Hall–Kier alpha value is -2.22. The van der Waals surface area contributed by atoms with Crippen LogP contribution in [0.1, 0.15) is 31.2 Å². The van der Waals surface area contributed by atoms with E-state index in [0.29, 0.717) is 31.2 Å². The van der Waals surface area contributed by atoms with Crippen molar-refractivity contribution < 1.29 is 17.6 Å². The minimum absolute atomic E-state index is 0.0601. The standard InChI is InChI=1S/C18H23N3O4S/c1-3-21(14-10-11-26(23,24)12-14)17(22)9-8-16-19-20-18(25-16)15-7-5-4-6-13(15)2/h4-7,14H,3,8-12H2,1-2H3. The van der Waals surface area contributed by atoms with Crippen LogP contribution < -0.4 is 0 Å². The van der Waals surface area contributed by atoms with Crippen LogP contribution in [0.15, 0.2) is 28.7 Å². The molecule has 1 aliphatic rings. The van der Waals surface area contributed by atoms with E-state index in [1.807, 2.05) is 38.1 Å². The fraction of sp³-hybridized carbons (Fsp3) is 0.500. The van der Waals surface area contributed by atoms with Gasteiger partial charge in [-0.2, -0.15) is 0 Å². The molecular formula is C18H23N3O4S. The van der Waals surface area contributed by atoms with Crippen LogP contribution in [0.4, 0.5) is 0 Å². The number of nitrogens with zero attached hydrogens (tertiary/aromatic N) is 3. The highest BCUT2D eigenvalue weighted by Crippen LogP contribution is 2.22. The van der Waals surface area contributed by atoms with Crippen molar-refractivity contribution in [1.29, 1.82) is 0 Å². The first-order chi connectivity index (χ1) is 12.4. The fourth-order valence-electron chi connectivity index (χ4n) is 3.29. The number of carbonyl (C=O) groups excluding carboxylic acids is 1. The van der Waals surface area contributed by atoms with Crippen molar-refractivity contribution in [2.24, 2.45) is 0 Å². The van der Waals surface area contributed by atoms with Gasteiger partial charge in [0.05, 0.1) is 11.5 Å². The van der Waals surface area contributed by atoms with Gasteiger partial charge in [0.25, 0.3) is 0 Å². The Bertz CT molecular complexity index is 891. The molecule has 7 nitrogen and oxygen atoms in total. The number of aryl methyl sites for hydroxylation is 2. The van der Waals surface area contributed by atoms with Crippen molar-refractivity contribution in [3.05, 3.63) is 35.7 Å². The molecule has 0 saturated carbocycles. The molecule has 0 aliphatic carbocycles. The van der Waals surface area contributed by atoms with E-state index >= 15 is 0 Å². The minimum Gasteiger partial charge on any atom is -0.421 e. The van der Waals surface area contributed by atoms with Gasteiger partial charge < -0.3 is 9.32 Å². The SMILES string of the molecule is CCN(C(=O)CCc1nnc(-c2ccccc2C)o1)C1CCS(=O)(=O)C1. The van der Waals surface area contributed by atoms with Gasteiger partial charge in [-0.05, 0) is 31.9 Å². The predicted molar refractivity (Wildman–Crippen MR) is 97.2 cm³/mol. The summed E-state index contributed by atoms with van der Waals surface area (Å²) in [6.07, 6.45) is 1.08. The molecule has 1 aliphatic heterocycles. The molecule has 140 valence electrons. The van der Waals surface area contributed by atoms with Gasteiger partial charge in [-0.25, -0.2) is 8.42 Å². The van der Waals surface area contributed by atoms with Gasteiger partial charge in [-0.15, -0.1) is 10.2 Å².